The molecule has 0 saturated heterocycles. The number of nitrogens with one attached hydrogen (secondary N) is 1. The molecule has 0 aromatic heterocycles. The summed E-state index contributed by atoms with van der Waals surface area (Å²) in [6.45, 7) is 3.69. The van der Waals surface area contributed by atoms with Gasteiger partial charge in [0, 0.05) is 18.8 Å². The second kappa shape index (κ2) is 10.2. The summed E-state index contributed by atoms with van der Waals surface area (Å²) in [4.78, 5) is 17.6. The van der Waals surface area contributed by atoms with Crippen molar-refractivity contribution in [1.29, 1.82) is 0 Å². The Labute approximate surface area is 154 Å². The lowest BCUT2D eigenvalue weighted by atomic mass is 10.2. The maximum Gasteiger partial charge on any atom is 0.316 e. The van der Waals surface area contributed by atoms with Gasteiger partial charge in [-0.2, -0.15) is 0 Å². The minimum absolute atomic E-state index is 0.372. The largest absolute Gasteiger partial charge is 0.393 e. The molecule has 1 unspecified atom stereocenters. The Morgan fingerprint density at radius 1 is 1.23 bits per heavy atom. The molecule has 26 heavy (non-hydrogen) atoms. The average Bonchev–Trinajstić information content (AvgIpc) is 2.60. The number of aliphatic imine (C=N–C) groups is 1. The summed E-state index contributed by atoms with van der Waals surface area (Å²) < 4.78 is 0. The Kier molecular flexibility index (Phi) is 7.64. The average molecular weight is 354 g/mol. The molecular weight excluding hydrogens is 328 g/mol. The number of aliphatic hydroxyl groups is 1. The van der Waals surface area contributed by atoms with Crippen LogP contribution in [0.4, 0.5) is 10.5 Å². The molecule has 6 nitrogen and oxygen atoms in total. The molecule has 0 aliphatic rings. The van der Waals surface area contributed by atoms with Gasteiger partial charge >= 0.3 is 6.03 Å². The summed E-state index contributed by atoms with van der Waals surface area (Å²) in [6, 6.07) is 17.0. The van der Waals surface area contributed by atoms with Gasteiger partial charge in [0.15, 0.2) is 0 Å². The van der Waals surface area contributed by atoms with Crippen molar-refractivity contribution in [2.45, 2.75) is 32.5 Å². The third-order valence-corrected chi connectivity index (χ3v) is 3.78. The zero-order chi connectivity index (χ0) is 18.8. The lowest BCUT2D eigenvalue weighted by molar-refractivity contribution is 0.172. The minimum Gasteiger partial charge on any atom is -0.393 e. The predicted molar refractivity (Wildman–Crippen MR) is 105 cm³/mol. The van der Waals surface area contributed by atoms with Gasteiger partial charge < -0.3 is 21.1 Å². The fraction of sp³-hybridized carbons (Fsp3) is 0.300. The molecule has 0 radical (unpaired) electrons. The van der Waals surface area contributed by atoms with Crippen molar-refractivity contribution in [3.05, 3.63) is 65.7 Å². The van der Waals surface area contributed by atoms with Gasteiger partial charge in [0.1, 0.15) is 0 Å². The highest BCUT2D eigenvalue weighted by atomic mass is 16.3. The summed E-state index contributed by atoms with van der Waals surface area (Å²) in [7, 11) is 0. The van der Waals surface area contributed by atoms with Crippen LogP contribution in [0.3, 0.4) is 0 Å². The Bertz CT molecular complexity index is 717. The molecular formula is C20H26N4O2. The van der Waals surface area contributed by atoms with Crippen LogP contribution in [0.25, 0.3) is 0 Å². The normalized spacial score (nSPS) is 12.1. The van der Waals surface area contributed by atoms with Crippen molar-refractivity contribution in [2.24, 2.45) is 10.7 Å². The monoisotopic (exact) mass is 354 g/mol. The summed E-state index contributed by atoms with van der Waals surface area (Å²) in [6.07, 6.45) is 2.10. The first kappa shape index (κ1) is 19.5. The SMILES string of the molecule is CC(O)CCN(/C=N\Cc1ccccc1)Cc1cccc(NC(N)=O)c1. The number of anilines is 1. The first-order valence-electron chi connectivity index (χ1n) is 8.64. The van der Waals surface area contributed by atoms with E-state index in [0.29, 0.717) is 31.7 Å². The van der Waals surface area contributed by atoms with Crippen LogP contribution in [0.15, 0.2) is 59.6 Å². The van der Waals surface area contributed by atoms with Crippen molar-refractivity contribution in [3.63, 3.8) is 0 Å². The molecule has 4 N–H and O–H groups in total. The van der Waals surface area contributed by atoms with Crippen LogP contribution in [0.2, 0.25) is 0 Å². The number of nitrogens with zero attached hydrogens (tertiary/aromatic N) is 2. The molecule has 138 valence electrons. The van der Waals surface area contributed by atoms with Gasteiger partial charge in [-0.3, -0.25) is 4.99 Å². The number of amides is 2. The highest BCUT2D eigenvalue weighted by Crippen LogP contribution is 2.13. The summed E-state index contributed by atoms with van der Waals surface area (Å²) in [5, 5.41) is 12.2. The second-order valence-corrected chi connectivity index (χ2v) is 6.24. The zero-order valence-corrected chi connectivity index (χ0v) is 15.0. The van der Waals surface area contributed by atoms with Gasteiger partial charge in [-0.25, -0.2) is 4.79 Å². The quantitative estimate of drug-likeness (QED) is 0.477. The fourth-order valence-electron chi connectivity index (χ4n) is 2.50. The van der Waals surface area contributed by atoms with Crippen LogP contribution < -0.4 is 11.1 Å². The van der Waals surface area contributed by atoms with E-state index in [0.717, 1.165) is 11.1 Å². The number of rotatable bonds is 9. The number of benzene rings is 2. The van der Waals surface area contributed by atoms with Crippen molar-refractivity contribution in [1.82, 2.24) is 4.90 Å². The van der Waals surface area contributed by atoms with Crippen molar-refractivity contribution < 1.29 is 9.90 Å². The highest BCUT2D eigenvalue weighted by Gasteiger charge is 2.06. The summed E-state index contributed by atoms with van der Waals surface area (Å²) in [5.74, 6) is 0. The molecule has 1 atom stereocenters. The van der Waals surface area contributed by atoms with Gasteiger partial charge in [-0.15, -0.1) is 0 Å². The van der Waals surface area contributed by atoms with E-state index >= 15 is 0 Å². The number of urea groups is 1. The van der Waals surface area contributed by atoms with Gasteiger partial charge in [0.25, 0.3) is 0 Å². The maximum atomic E-state index is 11.0. The van der Waals surface area contributed by atoms with Crippen LogP contribution >= 0.6 is 0 Å². The van der Waals surface area contributed by atoms with E-state index in [4.69, 9.17) is 5.73 Å². The van der Waals surface area contributed by atoms with E-state index < -0.39 is 6.03 Å². The minimum atomic E-state index is -0.586. The standard InChI is InChI=1S/C20H26N4O2/c1-16(25)10-11-24(15-22-13-17-6-3-2-4-7-17)14-18-8-5-9-19(12-18)23-20(21)26/h2-9,12,15-16,25H,10-11,13-14H2,1H3,(H3,21,23,26)/b22-15-. The molecule has 2 rings (SSSR count). The van der Waals surface area contributed by atoms with Crippen LogP contribution in [-0.2, 0) is 13.1 Å². The molecule has 0 spiro atoms. The Morgan fingerprint density at radius 2 is 1.96 bits per heavy atom. The molecule has 0 aliphatic carbocycles. The van der Waals surface area contributed by atoms with Crippen LogP contribution in [0, 0.1) is 0 Å². The topological polar surface area (TPSA) is 90.9 Å². The Hall–Kier alpha value is -2.86. The molecule has 0 heterocycles. The zero-order valence-electron chi connectivity index (χ0n) is 15.0. The van der Waals surface area contributed by atoms with E-state index in [1.165, 1.54) is 0 Å². The number of aliphatic hydroxyl groups excluding tert-OH is 1. The molecule has 0 bridgehead atoms. The van der Waals surface area contributed by atoms with Crippen molar-refractivity contribution in [2.75, 3.05) is 11.9 Å². The van der Waals surface area contributed by atoms with E-state index in [-0.39, 0.29) is 6.10 Å². The maximum absolute atomic E-state index is 11.0. The first-order valence-corrected chi connectivity index (χ1v) is 8.64. The number of carbonyl (C=O) groups excluding carboxylic acids is 1. The van der Waals surface area contributed by atoms with Gasteiger partial charge in [-0.05, 0) is 36.6 Å². The van der Waals surface area contributed by atoms with Crippen molar-refractivity contribution in [3.8, 4) is 0 Å². The number of nitrogens with two attached hydrogens (primary N) is 1. The molecule has 0 saturated carbocycles. The smallest absolute Gasteiger partial charge is 0.316 e. The number of primary amides is 1. The molecule has 6 heteroatoms. The Balaban J connectivity index is 2.02. The van der Waals surface area contributed by atoms with Gasteiger partial charge in [0.05, 0.1) is 19.0 Å². The molecule has 0 aliphatic heterocycles. The molecule has 2 aromatic rings. The molecule has 2 amide bonds. The van der Waals surface area contributed by atoms with E-state index in [1.54, 1.807) is 13.0 Å². The van der Waals surface area contributed by atoms with Crippen LogP contribution in [0.5, 0.6) is 0 Å². The predicted octanol–water partition coefficient (Wildman–Crippen LogP) is 2.98. The van der Waals surface area contributed by atoms with Crippen molar-refractivity contribution >= 4 is 18.1 Å². The molecule has 2 aromatic carbocycles. The third-order valence-electron chi connectivity index (χ3n) is 3.78. The number of hydrogen-bond acceptors (Lipinski definition) is 3. The lowest BCUT2D eigenvalue weighted by Gasteiger charge is -2.21. The van der Waals surface area contributed by atoms with Crippen LogP contribution in [-0.4, -0.2) is 35.0 Å². The van der Waals surface area contributed by atoms with E-state index in [2.05, 4.69) is 15.2 Å². The van der Waals surface area contributed by atoms with E-state index in [1.807, 2.05) is 54.9 Å². The fourth-order valence-corrected chi connectivity index (χ4v) is 2.50. The number of carbonyl (C=O) groups is 1. The molecule has 0 fully saturated rings. The van der Waals surface area contributed by atoms with Gasteiger partial charge in [-0.1, -0.05) is 42.5 Å². The number of hydrogen-bond donors (Lipinski definition) is 3. The first-order chi connectivity index (χ1) is 12.5. The Morgan fingerprint density at radius 3 is 2.65 bits per heavy atom. The summed E-state index contributed by atoms with van der Waals surface area (Å²) in [5.41, 5.74) is 7.99. The summed E-state index contributed by atoms with van der Waals surface area (Å²) >= 11 is 0. The third kappa shape index (κ3) is 7.36. The van der Waals surface area contributed by atoms with E-state index in [9.17, 15) is 9.90 Å². The highest BCUT2D eigenvalue weighted by molar-refractivity contribution is 5.87. The lowest BCUT2D eigenvalue weighted by Crippen LogP contribution is -2.25. The van der Waals surface area contributed by atoms with Gasteiger partial charge in [0.2, 0.25) is 0 Å². The van der Waals surface area contributed by atoms with Crippen LogP contribution in [0.1, 0.15) is 24.5 Å². The second-order valence-electron chi connectivity index (χ2n) is 6.24.